The molecule has 12 nitrogen and oxygen atoms in total. The topological polar surface area (TPSA) is 173 Å². The summed E-state index contributed by atoms with van der Waals surface area (Å²) in [6.07, 6.45) is 2.96. The number of nitriles is 1. The van der Waals surface area contributed by atoms with E-state index in [2.05, 4.69) is 26.2 Å². The SMILES string of the molecule is N#CCC1(n2nc(Nc3ccc(S(=O)(=O)NCC4CC4)c(F)c3)c3c(=O)[nH]ccc32)CCN(C(=O)O)CC1. The van der Waals surface area contributed by atoms with E-state index in [0.29, 0.717) is 18.4 Å². The van der Waals surface area contributed by atoms with E-state index < -0.39 is 37.9 Å². The zero-order valence-electron chi connectivity index (χ0n) is 20.3. The summed E-state index contributed by atoms with van der Waals surface area (Å²) in [5.41, 5.74) is -0.716. The summed E-state index contributed by atoms with van der Waals surface area (Å²) in [7, 11) is -4.02. The van der Waals surface area contributed by atoms with Crippen molar-refractivity contribution >= 4 is 38.5 Å². The second-order valence-electron chi connectivity index (χ2n) is 9.72. The van der Waals surface area contributed by atoms with Crippen molar-refractivity contribution in [2.75, 3.05) is 25.0 Å². The molecule has 0 spiro atoms. The quantitative estimate of drug-likeness (QED) is 0.336. The molecule has 2 aliphatic rings. The Morgan fingerprint density at radius 1 is 1.29 bits per heavy atom. The van der Waals surface area contributed by atoms with Crippen LogP contribution in [0.1, 0.15) is 32.1 Å². The third kappa shape index (κ3) is 4.82. The molecule has 1 aromatic carbocycles. The maximum absolute atomic E-state index is 14.9. The van der Waals surface area contributed by atoms with Crippen molar-refractivity contribution in [3.8, 4) is 6.07 Å². The first kappa shape index (κ1) is 25.7. The van der Waals surface area contributed by atoms with Gasteiger partial charge in [-0.15, -0.1) is 0 Å². The number of aromatic amines is 1. The van der Waals surface area contributed by atoms with Gasteiger partial charge in [0.25, 0.3) is 5.56 Å². The molecule has 0 unspecified atom stereocenters. The fourth-order valence-corrected chi connectivity index (χ4v) is 5.99. The second-order valence-corrected chi connectivity index (χ2v) is 11.5. The molecule has 2 aromatic heterocycles. The number of pyridine rings is 1. The summed E-state index contributed by atoms with van der Waals surface area (Å²) in [5.74, 6) is -0.574. The average Bonchev–Trinajstić information content (AvgIpc) is 3.63. The first-order valence-electron chi connectivity index (χ1n) is 12.2. The Bertz CT molecular complexity index is 1600. The molecule has 0 atom stereocenters. The van der Waals surface area contributed by atoms with Gasteiger partial charge in [0, 0.05) is 31.5 Å². The number of sulfonamides is 1. The summed E-state index contributed by atoms with van der Waals surface area (Å²) in [6, 6.07) is 7.35. The van der Waals surface area contributed by atoms with Crippen LogP contribution < -0.4 is 15.6 Å². The summed E-state index contributed by atoms with van der Waals surface area (Å²) >= 11 is 0. The summed E-state index contributed by atoms with van der Waals surface area (Å²) in [5, 5.41) is 26.6. The van der Waals surface area contributed by atoms with Gasteiger partial charge in [-0.2, -0.15) is 10.4 Å². The first-order chi connectivity index (χ1) is 18.1. The largest absolute Gasteiger partial charge is 0.465 e. The highest BCUT2D eigenvalue weighted by Crippen LogP contribution is 2.37. The number of hydrogen-bond donors (Lipinski definition) is 4. The van der Waals surface area contributed by atoms with Crippen molar-refractivity contribution in [3.05, 3.63) is 46.6 Å². The lowest BCUT2D eigenvalue weighted by molar-refractivity contribution is 0.0912. The Labute approximate surface area is 217 Å². The molecule has 200 valence electrons. The van der Waals surface area contributed by atoms with Crippen LogP contribution in [-0.4, -0.2) is 58.9 Å². The molecule has 4 N–H and O–H groups in total. The molecular weight excluding hydrogens is 517 g/mol. The van der Waals surface area contributed by atoms with E-state index in [-0.39, 0.29) is 48.9 Å². The standard InChI is InChI=1S/C24H26FN7O5S/c25-17-13-16(3-4-19(17)38(36,37)28-14-15-1-2-15)29-21-20-18(5-10-27-22(20)33)32(30-21)24(6-9-26)7-11-31(12-8-24)23(34)35/h3-5,10,13,15,28H,1-2,6-8,11-12,14H2,(H,27,33)(H,29,30)(H,34,35). The van der Waals surface area contributed by atoms with Gasteiger partial charge < -0.3 is 20.3 Å². The minimum Gasteiger partial charge on any atom is -0.465 e. The normalized spacial score (nSPS) is 17.3. The maximum Gasteiger partial charge on any atom is 0.407 e. The number of likely N-dealkylation sites (tertiary alicyclic amines) is 1. The molecule has 38 heavy (non-hydrogen) atoms. The van der Waals surface area contributed by atoms with Crippen LogP contribution in [0.5, 0.6) is 0 Å². The predicted octanol–water partition coefficient (Wildman–Crippen LogP) is 2.68. The molecule has 3 heterocycles. The Morgan fingerprint density at radius 3 is 2.66 bits per heavy atom. The van der Waals surface area contributed by atoms with Crippen molar-refractivity contribution < 1.29 is 22.7 Å². The Kier molecular flexibility index (Phi) is 6.58. The number of carboxylic acid groups (broad SMARTS) is 1. The number of anilines is 2. The monoisotopic (exact) mass is 543 g/mol. The van der Waals surface area contributed by atoms with Gasteiger partial charge in [-0.1, -0.05) is 0 Å². The number of fused-ring (bicyclic) bond motifs is 1. The Hall–Kier alpha value is -3.96. The lowest BCUT2D eigenvalue weighted by Crippen LogP contribution is -2.48. The number of amides is 1. The lowest BCUT2D eigenvalue weighted by Gasteiger charge is -2.40. The first-order valence-corrected chi connectivity index (χ1v) is 13.6. The smallest absolute Gasteiger partial charge is 0.407 e. The van der Waals surface area contributed by atoms with Crippen LogP contribution in [0.25, 0.3) is 10.9 Å². The molecule has 1 aliphatic carbocycles. The number of aromatic nitrogens is 3. The molecule has 1 aliphatic heterocycles. The van der Waals surface area contributed by atoms with Gasteiger partial charge in [0.05, 0.1) is 23.5 Å². The van der Waals surface area contributed by atoms with Crippen LogP contribution in [0.4, 0.5) is 20.7 Å². The van der Waals surface area contributed by atoms with Gasteiger partial charge in [-0.25, -0.2) is 22.3 Å². The number of H-pyrrole nitrogens is 1. The number of rotatable bonds is 8. The van der Waals surface area contributed by atoms with E-state index in [0.717, 1.165) is 25.0 Å². The van der Waals surface area contributed by atoms with Crippen LogP contribution in [0.3, 0.4) is 0 Å². The predicted molar refractivity (Wildman–Crippen MR) is 135 cm³/mol. The van der Waals surface area contributed by atoms with Gasteiger partial charge in [0.15, 0.2) is 5.82 Å². The molecular formula is C24H26FN7O5S. The third-order valence-corrected chi connectivity index (χ3v) is 8.63. The number of benzene rings is 1. The molecule has 0 radical (unpaired) electrons. The molecule has 1 saturated heterocycles. The minimum absolute atomic E-state index is 0.0402. The summed E-state index contributed by atoms with van der Waals surface area (Å²) in [4.78, 5) is 27.6. The van der Waals surface area contributed by atoms with E-state index in [1.807, 2.05) is 0 Å². The number of carbonyl (C=O) groups is 1. The minimum atomic E-state index is -4.02. The van der Waals surface area contributed by atoms with Crippen molar-refractivity contribution in [1.82, 2.24) is 24.4 Å². The van der Waals surface area contributed by atoms with Crippen molar-refractivity contribution in [2.24, 2.45) is 5.92 Å². The summed E-state index contributed by atoms with van der Waals surface area (Å²) in [6.45, 7) is 0.656. The fraction of sp³-hybridized carbons (Fsp3) is 0.417. The second kappa shape index (κ2) is 9.73. The van der Waals surface area contributed by atoms with E-state index >= 15 is 0 Å². The highest BCUT2D eigenvalue weighted by atomic mass is 32.2. The third-order valence-electron chi connectivity index (χ3n) is 7.17. The molecule has 14 heteroatoms. The molecule has 2 fully saturated rings. The number of hydrogen-bond acceptors (Lipinski definition) is 7. The molecule has 1 amide bonds. The van der Waals surface area contributed by atoms with Gasteiger partial charge >= 0.3 is 6.09 Å². The van der Waals surface area contributed by atoms with Gasteiger partial charge in [-0.3, -0.25) is 9.48 Å². The zero-order chi connectivity index (χ0) is 27.1. The molecule has 5 rings (SSSR count). The Morgan fingerprint density at radius 2 is 2.03 bits per heavy atom. The van der Waals surface area contributed by atoms with Crippen LogP contribution in [0, 0.1) is 23.1 Å². The van der Waals surface area contributed by atoms with Crippen molar-refractivity contribution in [2.45, 2.75) is 42.5 Å². The van der Waals surface area contributed by atoms with Crippen molar-refractivity contribution in [3.63, 3.8) is 0 Å². The fourth-order valence-electron chi connectivity index (χ4n) is 4.81. The summed E-state index contributed by atoms with van der Waals surface area (Å²) < 4.78 is 43.9. The van der Waals surface area contributed by atoms with Crippen LogP contribution in [-0.2, 0) is 15.6 Å². The number of piperidine rings is 1. The van der Waals surface area contributed by atoms with E-state index in [1.54, 1.807) is 10.7 Å². The van der Waals surface area contributed by atoms with Crippen LogP contribution in [0.15, 0.2) is 40.2 Å². The number of halogens is 1. The highest BCUT2D eigenvalue weighted by molar-refractivity contribution is 7.89. The highest BCUT2D eigenvalue weighted by Gasteiger charge is 2.40. The van der Waals surface area contributed by atoms with E-state index in [1.165, 1.54) is 17.2 Å². The van der Waals surface area contributed by atoms with Gasteiger partial charge in [0.1, 0.15) is 16.1 Å². The maximum atomic E-state index is 14.9. The van der Waals surface area contributed by atoms with Crippen LogP contribution in [0.2, 0.25) is 0 Å². The van der Waals surface area contributed by atoms with Gasteiger partial charge in [0.2, 0.25) is 10.0 Å². The lowest BCUT2D eigenvalue weighted by atomic mass is 9.85. The van der Waals surface area contributed by atoms with Crippen molar-refractivity contribution in [1.29, 1.82) is 5.26 Å². The number of nitrogens with one attached hydrogen (secondary N) is 3. The average molecular weight is 544 g/mol. The molecule has 1 saturated carbocycles. The van der Waals surface area contributed by atoms with E-state index in [9.17, 15) is 32.8 Å². The zero-order valence-corrected chi connectivity index (χ0v) is 21.1. The van der Waals surface area contributed by atoms with E-state index in [4.69, 9.17) is 0 Å². The Balaban J connectivity index is 1.49. The van der Waals surface area contributed by atoms with Crippen LogP contribution >= 0.6 is 0 Å². The number of nitrogens with zero attached hydrogens (tertiary/aromatic N) is 4. The molecule has 0 bridgehead atoms. The van der Waals surface area contributed by atoms with Gasteiger partial charge in [-0.05, 0) is 55.9 Å². The molecule has 3 aromatic rings.